The lowest BCUT2D eigenvalue weighted by molar-refractivity contribution is 0.259. The number of sulfone groups is 1. The van der Waals surface area contributed by atoms with Crippen molar-refractivity contribution in [1.29, 1.82) is 0 Å². The number of anilines is 1. The van der Waals surface area contributed by atoms with Crippen LogP contribution in [0.5, 0.6) is 5.75 Å². The van der Waals surface area contributed by atoms with E-state index in [2.05, 4.69) is 5.32 Å². The van der Waals surface area contributed by atoms with E-state index in [1.807, 2.05) is 0 Å². The van der Waals surface area contributed by atoms with E-state index < -0.39 is 15.9 Å². The number of amides is 2. The van der Waals surface area contributed by atoms with Crippen LogP contribution < -0.4 is 15.8 Å². The maximum absolute atomic E-state index is 11.7. The molecule has 0 fully saturated rings. The summed E-state index contributed by atoms with van der Waals surface area (Å²) in [4.78, 5) is 10.9. The van der Waals surface area contributed by atoms with Gasteiger partial charge in [0.05, 0.1) is 23.4 Å². The molecular formula is C10H14N2O4S. The van der Waals surface area contributed by atoms with Gasteiger partial charge in [-0.15, -0.1) is 0 Å². The Morgan fingerprint density at radius 3 is 2.59 bits per heavy atom. The van der Waals surface area contributed by atoms with Crippen LogP contribution in [0.4, 0.5) is 10.5 Å². The lowest BCUT2D eigenvalue weighted by Gasteiger charge is -2.10. The van der Waals surface area contributed by atoms with E-state index in [0.717, 1.165) is 0 Å². The molecule has 2 amide bonds. The van der Waals surface area contributed by atoms with Crippen LogP contribution >= 0.6 is 0 Å². The predicted octanol–water partition coefficient (Wildman–Crippen LogP) is 0.979. The smallest absolute Gasteiger partial charge is 0.316 e. The first-order chi connectivity index (χ1) is 7.90. The molecule has 17 heavy (non-hydrogen) atoms. The summed E-state index contributed by atoms with van der Waals surface area (Å²) in [6, 6.07) is 3.43. The number of urea groups is 1. The van der Waals surface area contributed by atoms with Crippen molar-refractivity contribution in [2.45, 2.75) is 11.8 Å². The number of ether oxygens (including phenoxy) is 1. The number of nitrogens with two attached hydrogens (primary N) is 1. The number of benzene rings is 1. The zero-order chi connectivity index (χ0) is 13.1. The third-order valence-electron chi connectivity index (χ3n) is 2.17. The van der Waals surface area contributed by atoms with Gasteiger partial charge in [-0.1, -0.05) is 6.92 Å². The van der Waals surface area contributed by atoms with E-state index in [1.165, 1.54) is 25.3 Å². The molecule has 0 unspecified atom stereocenters. The van der Waals surface area contributed by atoms with E-state index in [4.69, 9.17) is 10.5 Å². The SMILES string of the molecule is CCS(=O)(=O)c1ccc(OC)c(NC(N)=O)c1. The molecule has 1 rings (SSSR count). The lowest BCUT2D eigenvalue weighted by atomic mass is 10.3. The quantitative estimate of drug-likeness (QED) is 0.840. The van der Waals surface area contributed by atoms with E-state index >= 15 is 0 Å². The van der Waals surface area contributed by atoms with E-state index in [0.29, 0.717) is 5.75 Å². The molecule has 0 atom stereocenters. The second-order valence-corrected chi connectivity index (χ2v) is 5.53. The third kappa shape index (κ3) is 3.10. The summed E-state index contributed by atoms with van der Waals surface area (Å²) < 4.78 is 28.3. The molecule has 0 aliphatic carbocycles. The normalized spacial score (nSPS) is 10.9. The molecule has 0 aromatic heterocycles. The predicted molar refractivity (Wildman–Crippen MR) is 63.9 cm³/mol. The van der Waals surface area contributed by atoms with Gasteiger partial charge in [0.25, 0.3) is 0 Å². The fraction of sp³-hybridized carbons (Fsp3) is 0.300. The highest BCUT2D eigenvalue weighted by Gasteiger charge is 2.15. The van der Waals surface area contributed by atoms with Gasteiger partial charge in [0.15, 0.2) is 9.84 Å². The maximum atomic E-state index is 11.7. The summed E-state index contributed by atoms with van der Waals surface area (Å²) in [6.07, 6.45) is 0. The van der Waals surface area contributed by atoms with Crippen LogP contribution in [0.15, 0.2) is 23.1 Å². The van der Waals surface area contributed by atoms with Crippen LogP contribution in [-0.4, -0.2) is 27.3 Å². The zero-order valence-corrected chi connectivity index (χ0v) is 10.4. The van der Waals surface area contributed by atoms with Crippen molar-refractivity contribution in [3.8, 4) is 5.75 Å². The van der Waals surface area contributed by atoms with Crippen molar-refractivity contribution in [2.75, 3.05) is 18.2 Å². The molecule has 1 aromatic carbocycles. The Balaban J connectivity index is 3.27. The number of carbonyl (C=O) groups excluding carboxylic acids is 1. The summed E-state index contributed by atoms with van der Waals surface area (Å²) in [6.45, 7) is 1.54. The topological polar surface area (TPSA) is 98.5 Å². The van der Waals surface area contributed by atoms with Crippen LogP contribution in [0, 0.1) is 0 Å². The summed E-state index contributed by atoms with van der Waals surface area (Å²) >= 11 is 0. The average molecular weight is 258 g/mol. The van der Waals surface area contributed by atoms with Gasteiger partial charge in [0.1, 0.15) is 5.75 Å². The largest absolute Gasteiger partial charge is 0.495 e. The first kappa shape index (κ1) is 13.3. The van der Waals surface area contributed by atoms with Gasteiger partial charge in [-0.2, -0.15) is 0 Å². The first-order valence-electron chi connectivity index (χ1n) is 4.88. The molecule has 7 heteroatoms. The Morgan fingerprint density at radius 1 is 1.47 bits per heavy atom. The Kier molecular flexibility index (Phi) is 3.95. The Hall–Kier alpha value is -1.76. The highest BCUT2D eigenvalue weighted by Crippen LogP contribution is 2.27. The Bertz CT molecular complexity index is 525. The van der Waals surface area contributed by atoms with Gasteiger partial charge in [-0.3, -0.25) is 0 Å². The number of hydrogen-bond donors (Lipinski definition) is 2. The summed E-state index contributed by atoms with van der Waals surface area (Å²) in [5, 5.41) is 2.31. The monoisotopic (exact) mass is 258 g/mol. The van der Waals surface area contributed by atoms with E-state index in [9.17, 15) is 13.2 Å². The molecule has 0 radical (unpaired) electrons. The second kappa shape index (κ2) is 5.05. The Morgan fingerprint density at radius 2 is 2.12 bits per heavy atom. The molecule has 3 N–H and O–H groups in total. The van der Waals surface area contributed by atoms with Crippen molar-refractivity contribution < 1.29 is 17.9 Å². The van der Waals surface area contributed by atoms with Crippen LogP contribution in [0.1, 0.15) is 6.92 Å². The van der Waals surface area contributed by atoms with Crippen molar-refractivity contribution in [2.24, 2.45) is 5.73 Å². The van der Waals surface area contributed by atoms with Crippen molar-refractivity contribution in [3.63, 3.8) is 0 Å². The zero-order valence-electron chi connectivity index (χ0n) is 9.56. The molecule has 0 spiro atoms. The van der Waals surface area contributed by atoms with Crippen molar-refractivity contribution in [1.82, 2.24) is 0 Å². The number of rotatable bonds is 4. The van der Waals surface area contributed by atoms with Crippen molar-refractivity contribution in [3.05, 3.63) is 18.2 Å². The number of methoxy groups -OCH3 is 1. The number of carbonyl (C=O) groups is 1. The van der Waals surface area contributed by atoms with Crippen LogP contribution in [0.3, 0.4) is 0 Å². The minimum Gasteiger partial charge on any atom is -0.495 e. The standard InChI is InChI=1S/C10H14N2O4S/c1-3-17(14,15)7-4-5-9(16-2)8(6-7)12-10(11)13/h4-6H,3H2,1-2H3,(H3,11,12,13). The molecule has 0 heterocycles. The van der Waals surface area contributed by atoms with Gasteiger partial charge in [0.2, 0.25) is 0 Å². The van der Waals surface area contributed by atoms with Crippen LogP contribution in [0.2, 0.25) is 0 Å². The highest BCUT2D eigenvalue weighted by atomic mass is 32.2. The van der Waals surface area contributed by atoms with Gasteiger partial charge in [0, 0.05) is 0 Å². The Labute approximate surface area is 99.7 Å². The van der Waals surface area contributed by atoms with Gasteiger partial charge >= 0.3 is 6.03 Å². The van der Waals surface area contributed by atoms with Crippen LogP contribution in [-0.2, 0) is 9.84 Å². The van der Waals surface area contributed by atoms with E-state index in [-0.39, 0.29) is 16.3 Å². The molecule has 6 nitrogen and oxygen atoms in total. The van der Waals surface area contributed by atoms with E-state index in [1.54, 1.807) is 6.92 Å². The third-order valence-corrected chi connectivity index (χ3v) is 3.90. The lowest BCUT2D eigenvalue weighted by Crippen LogP contribution is -2.20. The highest BCUT2D eigenvalue weighted by molar-refractivity contribution is 7.91. The molecule has 0 aliphatic heterocycles. The summed E-state index contributed by atoms with van der Waals surface area (Å²) in [7, 11) is -1.92. The first-order valence-corrected chi connectivity index (χ1v) is 6.53. The van der Waals surface area contributed by atoms with Crippen molar-refractivity contribution >= 4 is 21.6 Å². The molecule has 0 saturated carbocycles. The van der Waals surface area contributed by atoms with Gasteiger partial charge < -0.3 is 15.8 Å². The number of hydrogen-bond acceptors (Lipinski definition) is 4. The maximum Gasteiger partial charge on any atom is 0.316 e. The molecular weight excluding hydrogens is 244 g/mol. The minimum absolute atomic E-state index is 0.0185. The van der Waals surface area contributed by atoms with Crippen LogP contribution in [0.25, 0.3) is 0 Å². The molecule has 0 saturated heterocycles. The fourth-order valence-corrected chi connectivity index (χ4v) is 2.18. The average Bonchev–Trinajstić information content (AvgIpc) is 2.28. The molecule has 0 aliphatic rings. The number of nitrogens with one attached hydrogen (secondary N) is 1. The molecule has 0 bridgehead atoms. The van der Waals surface area contributed by atoms with Gasteiger partial charge in [-0.05, 0) is 18.2 Å². The van der Waals surface area contributed by atoms with Gasteiger partial charge in [-0.25, -0.2) is 13.2 Å². The summed E-state index contributed by atoms with van der Waals surface area (Å²) in [5.41, 5.74) is 5.22. The minimum atomic E-state index is -3.33. The second-order valence-electron chi connectivity index (χ2n) is 3.25. The number of primary amides is 1. The molecule has 1 aromatic rings. The molecule has 94 valence electrons. The fourth-order valence-electron chi connectivity index (χ4n) is 1.28. The summed E-state index contributed by atoms with van der Waals surface area (Å²) in [5.74, 6) is 0.328.